The van der Waals surface area contributed by atoms with E-state index in [1.165, 1.54) is 12.1 Å². The van der Waals surface area contributed by atoms with Crippen LogP contribution in [0.1, 0.15) is 17.5 Å². The smallest absolute Gasteiger partial charge is 0.272 e. The zero-order valence-corrected chi connectivity index (χ0v) is 14.3. The number of halogens is 1. The summed E-state index contributed by atoms with van der Waals surface area (Å²) >= 11 is 0. The zero-order valence-electron chi connectivity index (χ0n) is 14.3. The second-order valence-corrected chi connectivity index (χ2v) is 6.41. The van der Waals surface area contributed by atoms with E-state index >= 15 is 0 Å². The van der Waals surface area contributed by atoms with Gasteiger partial charge < -0.3 is 4.90 Å². The Morgan fingerprint density at radius 1 is 1.08 bits per heavy atom. The van der Waals surface area contributed by atoms with Crippen molar-refractivity contribution in [2.45, 2.75) is 19.9 Å². The predicted octanol–water partition coefficient (Wildman–Crippen LogP) is 3.75. The van der Waals surface area contributed by atoms with Crippen molar-refractivity contribution >= 4 is 11.4 Å². The molecule has 0 amide bonds. The molecule has 5 nitrogen and oxygen atoms in total. The molecule has 2 aromatic rings. The maximum absolute atomic E-state index is 13.1. The van der Waals surface area contributed by atoms with E-state index in [1.807, 2.05) is 25.1 Å². The van der Waals surface area contributed by atoms with Crippen molar-refractivity contribution in [3.63, 3.8) is 0 Å². The van der Waals surface area contributed by atoms with E-state index in [0.717, 1.165) is 49.4 Å². The van der Waals surface area contributed by atoms with Gasteiger partial charge in [0.25, 0.3) is 5.69 Å². The number of hydrogen-bond donors (Lipinski definition) is 0. The summed E-state index contributed by atoms with van der Waals surface area (Å²) in [5.41, 5.74) is 2.96. The summed E-state index contributed by atoms with van der Waals surface area (Å²) in [6.45, 7) is 6.13. The Bertz CT molecular complexity index is 749. The first-order valence-electron chi connectivity index (χ1n) is 8.50. The Morgan fingerprint density at radius 3 is 2.56 bits per heavy atom. The van der Waals surface area contributed by atoms with Gasteiger partial charge in [0.2, 0.25) is 0 Å². The first kappa shape index (κ1) is 17.4. The normalized spacial score (nSPS) is 15.8. The average molecular weight is 343 g/mol. The number of nitro benzene ring substituents is 1. The van der Waals surface area contributed by atoms with Gasteiger partial charge in [-0.05, 0) is 43.2 Å². The quantitative estimate of drug-likeness (QED) is 0.627. The van der Waals surface area contributed by atoms with Gasteiger partial charge in [0.15, 0.2) is 0 Å². The average Bonchev–Trinajstić information content (AvgIpc) is 2.83. The van der Waals surface area contributed by atoms with E-state index in [1.54, 1.807) is 12.1 Å². The highest BCUT2D eigenvalue weighted by Crippen LogP contribution is 2.23. The van der Waals surface area contributed by atoms with Gasteiger partial charge in [0, 0.05) is 50.0 Å². The first-order chi connectivity index (χ1) is 12.0. The highest BCUT2D eigenvalue weighted by atomic mass is 19.1. The minimum absolute atomic E-state index is 0.181. The number of nitrogens with zero attached hydrogens (tertiary/aromatic N) is 3. The summed E-state index contributed by atoms with van der Waals surface area (Å²) in [4.78, 5) is 15.4. The first-order valence-corrected chi connectivity index (χ1v) is 8.50. The molecule has 132 valence electrons. The number of rotatable bonds is 4. The van der Waals surface area contributed by atoms with Gasteiger partial charge in [0.05, 0.1) is 4.92 Å². The lowest BCUT2D eigenvalue weighted by molar-refractivity contribution is -0.385. The van der Waals surface area contributed by atoms with Crippen molar-refractivity contribution in [2.75, 3.05) is 31.1 Å². The molecule has 3 rings (SSSR count). The fraction of sp³-hybridized carbons (Fsp3) is 0.368. The van der Waals surface area contributed by atoms with Gasteiger partial charge in [-0.2, -0.15) is 0 Å². The number of nitro groups is 1. The van der Waals surface area contributed by atoms with Crippen molar-refractivity contribution < 1.29 is 9.31 Å². The summed E-state index contributed by atoms with van der Waals surface area (Å²) in [7, 11) is 0. The van der Waals surface area contributed by atoms with Gasteiger partial charge in [-0.25, -0.2) is 4.39 Å². The lowest BCUT2D eigenvalue weighted by Gasteiger charge is -2.24. The van der Waals surface area contributed by atoms with Gasteiger partial charge in [-0.1, -0.05) is 12.1 Å². The van der Waals surface area contributed by atoms with Gasteiger partial charge in [-0.15, -0.1) is 0 Å². The van der Waals surface area contributed by atoms with Crippen LogP contribution in [-0.2, 0) is 6.54 Å². The zero-order chi connectivity index (χ0) is 17.8. The molecule has 0 atom stereocenters. The summed E-state index contributed by atoms with van der Waals surface area (Å²) in [5.74, 6) is -0.221. The molecule has 1 fully saturated rings. The molecular formula is C19H22FN3O2. The van der Waals surface area contributed by atoms with Crippen LogP contribution >= 0.6 is 0 Å². The fourth-order valence-corrected chi connectivity index (χ4v) is 3.32. The van der Waals surface area contributed by atoms with E-state index < -0.39 is 0 Å². The Kier molecular flexibility index (Phi) is 5.28. The third-order valence-corrected chi connectivity index (χ3v) is 4.79. The van der Waals surface area contributed by atoms with E-state index in [4.69, 9.17) is 0 Å². The van der Waals surface area contributed by atoms with Crippen LogP contribution in [-0.4, -0.2) is 36.0 Å². The van der Waals surface area contributed by atoms with E-state index in [0.29, 0.717) is 6.54 Å². The molecule has 1 saturated heterocycles. The van der Waals surface area contributed by atoms with Crippen LogP contribution < -0.4 is 4.90 Å². The second kappa shape index (κ2) is 7.61. The van der Waals surface area contributed by atoms with Crippen LogP contribution in [0.2, 0.25) is 0 Å². The molecule has 6 heteroatoms. The Hall–Kier alpha value is -2.47. The lowest BCUT2D eigenvalue weighted by Crippen LogP contribution is -2.30. The third kappa shape index (κ3) is 4.14. The standard InChI is InChI=1S/C19H22FN3O2/c1-15-16(4-2-5-19(15)23(24)25)14-21-10-3-11-22(13-12-21)18-8-6-17(20)7-9-18/h2,4-9H,3,10-14H2,1H3. The molecule has 2 aromatic carbocycles. The fourth-order valence-electron chi connectivity index (χ4n) is 3.32. The Balaban J connectivity index is 1.67. The van der Waals surface area contributed by atoms with E-state index in [2.05, 4.69) is 9.80 Å². The summed E-state index contributed by atoms with van der Waals surface area (Å²) in [6.07, 6.45) is 1.01. The van der Waals surface area contributed by atoms with Crippen molar-refractivity contribution in [1.29, 1.82) is 0 Å². The van der Waals surface area contributed by atoms with E-state index in [-0.39, 0.29) is 16.4 Å². The van der Waals surface area contributed by atoms with Crippen molar-refractivity contribution in [2.24, 2.45) is 0 Å². The van der Waals surface area contributed by atoms with Crippen LogP contribution in [0.3, 0.4) is 0 Å². The second-order valence-electron chi connectivity index (χ2n) is 6.41. The topological polar surface area (TPSA) is 49.6 Å². The van der Waals surface area contributed by atoms with Crippen LogP contribution in [0, 0.1) is 22.9 Å². The summed E-state index contributed by atoms with van der Waals surface area (Å²) in [5, 5.41) is 11.1. The molecule has 1 aliphatic rings. The van der Waals surface area contributed by atoms with Crippen molar-refractivity contribution in [1.82, 2.24) is 4.90 Å². The molecule has 0 spiro atoms. The molecule has 0 aliphatic carbocycles. The lowest BCUT2D eigenvalue weighted by atomic mass is 10.1. The SMILES string of the molecule is Cc1c(CN2CCCN(c3ccc(F)cc3)CC2)cccc1[N+](=O)[O-]. The predicted molar refractivity (Wildman–Crippen MR) is 96.3 cm³/mol. The monoisotopic (exact) mass is 343 g/mol. The molecule has 0 radical (unpaired) electrons. The van der Waals surface area contributed by atoms with E-state index in [9.17, 15) is 14.5 Å². The molecule has 0 unspecified atom stereocenters. The third-order valence-electron chi connectivity index (χ3n) is 4.79. The van der Waals surface area contributed by atoms with Crippen LogP contribution in [0.25, 0.3) is 0 Å². The molecule has 25 heavy (non-hydrogen) atoms. The Labute approximate surface area is 146 Å². The summed E-state index contributed by atoms with van der Waals surface area (Å²) < 4.78 is 13.1. The Morgan fingerprint density at radius 2 is 1.84 bits per heavy atom. The highest BCUT2D eigenvalue weighted by molar-refractivity contribution is 5.46. The molecule has 0 aromatic heterocycles. The van der Waals surface area contributed by atoms with Crippen LogP contribution in [0.15, 0.2) is 42.5 Å². The largest absolute Gasteiger partial charge is 0.370 e. The van der Waals surface area contributed by atoms with Crippen molar-refractivity contribution in [3.8, 4) is 0 Å². The minimum Gasteiger partial charge on any atom is -0.370 e. The van der Waals surface area contributed by atoms with Gasteiger partial charge >= 0.3 is 0 Å². The molecule has 0 N–H and O–H groups in total. The molecule has 0 saturated carbocycles. The number of hydrogen-bond acceptors (Lipinski definition) is 4. The molecular weight excluding hydrogens is 321 g/mol. The molecule has 0 bridgehead atoms. The number of anilines is 1. The van der Waals surface area contributed by atoms with Gasteiger partial charge in [0.1, 0.15) is 5.82 Å². The maximum atomic E-state index is 13.1. The number of benzene rings is 2. The van der Waals surface area contributed by atoms with Gasteiger partial charge in [-0.3, -0.25) is 15.0 Å². The highest BCUT2D eigenvalue weighted by Gasteiger charge is 2.18. The molecule has 1 heterocycles. The van der Waals surface area contributed by atoms with Crippen molar-refractivity contribution in [3.05, 3.63) is 69.5 Å². The molecule has 1 aliphatic heterocycles. The van der Waals surface area contributed by atoms with Crippen LogP contribution in [0.4, 0.5) is 15.8 Å². The maximum Gasteiger partial charge on any atom is 0.272 e. The van der Waals surface area contributed by atoms with Crippen LogP contribution in [0.5, 0.6) is 0 Å². The summed E-state index contributed by atoms with van der Waals surface area (Å²) in [6, 6.07) is 11.9. The minimum atomic E-state index is -0.322.